The first-order valence-electron chi connectivity index (χ1n) is 6.55. The summed E-state index contributed by atoms with van der Waals surface area (Å²) in [6, 6.07) is 10.7. The Bertz CT molecular complexity index is 582. The van der Waals surface area contributed by atoms with E-state index >= 15 is 0 Å². The quantitative estimate of drug-likeness (QED) is 0.801. The van der Waals surface area contributed by atoms with Gasteiger partial charge in [0.15, 0.2) is 0 Å². The molecule has 2 amide bonds. The number of nitrogens with one attached hydrogen (secondary N) is 2. The third-order valence-corrected chi connectivity index (χ3v) is 2.65. The largest absolute Gasteiger partial charge is 0.489 e. The average molecular weight is 283 g/mol. The molecule has 1 heterocycles. The van der Waals surface area contributed by atoms with E-state index in [9.17, 15) is 4.79 Å². The Morgan fingerprint density at radius 1 is 1.29 bits per heavy atom. The van der Waals surface area contributed by atoms with Gasteiger partial charge < -0.3 is 15.4 Å². The summed E-state index contributed by atoms with van der Waals surface area (Å²) in [5.74, 6) is 0.732. The molecule has 0 fully saturated rings. The van der Waals surface area contributed by atoms with Crippen LogP contribution in [0, 0.1) is 0 Å². The molecule has 0 bridgehead atoms. The molecule has 2 rings (SSSR count). The van der Waals surface area contributed by atoms with Gasteiger partial charge in [-0.3, -0.25) is 4.98 Å². The number of aromatic nitrogens is 1. The molecule has 5 nitrogen and oxygen atoms in total. The summed E-state index contributed by atoms with van der Waals surface area (Å²) < 4.78 is 5.64. The molecule has 0 radical (unpaired) electrons. The van der Waals surface area contributed by atoms with E-state index in [2.05, 4.69) is 22.2 Å². The number of carbonyl (C=O) groups is 1. The molecule has 5 heteroatoms. The summed E-state index contributed by atoms with van der Waals surface area (Å²) in [6.07, 6.45) is 5.11. The lowest BCUT2D eigenvalue weighted by atomic mass is 10.3. The van der Waals surface area contributed by atoms with Crippen molar-refractivity contribution < 1.29 is 9.53 Å². The third-order valence-electron chi connectivity index (χ3n) is 2.65. The summed E-state index contributed by atoms with van der Waals surface area (Å²) in [5.41, 5.74) is 1.70. The van der Waals surface area contributed by atoms with Crippen LogP contribution in [0.1, 0.15) is 5.56 Å². The minimum atomic E-state index is -0.265. The Morgan fingerprint density at radius 2 is 2.10 bits per heavy atom. The van der Waals surface area contributed by atoms with E-state index in [1.165, 1.54) is 0 Å². The molecule has 0 saturated carbocycles. The van der Waals surface area contributed by atoms with Crippen molar-refractivity contribution in [2.24, 2.45) is 0 Å². The number of urea groups is 1. The second-order valence-corrected chi connectivity index (χ2v) is 4.30. The summed E-state index contributed by atoms with van der Waals surface area (Å²) in [5, 5.41) is 5.35. The highest BCUT2D eigenvalue weighted by atomic mass is 16.5. The Balaban J connectivity index is 1.84. The van der Waals surface area contributed by atoms with Crippen molar-refractivity contribution >= 4 is 11.7 Å². The number of hydrogen-bond acceptors (Lipinski definition) is 3. The second-order valence-electron chi connectivity index (χ2n) is 4.30. The van der Waals surface area contributed by atoms with E-state index in [-0.39, 0.29) is 6.03 Å². The van der Waals surface area contributed by atoms with Gasteiger partial charge in [0.25, 0.3) is 0 Å². The summed E-state index contributed by atoms with van der Waals surface area (Å²) in [6.45, 7) is 4.42. The van der Waals surface area contributed by atoms with Crippen LogP contribution in [0.25, 0.3) is 0 Å². The lowest BCUT2D eigenvalue weighted by molar-refractivity contribution is 0.253. The van der Waals surface area contributed by atoms with Gasteiger partial charge in [-0.05, 0) is 30.3 Å². The number of amides is 2. The van der Waals surface area contributed by atoms with E-state index in [0.29, 0.717) is 18.8 Å². The fourth-order valence-electron chi connectivity index (χ4n) is 1.62. The fourth-order valence-corrected chi connectivity index (χ4v) is 1.62. The van der Waals surface area contributed by atoms with Crippen LogP contribution in [-0.4, -0.2) is 17.6 Å². The van der Waals surface area contributed by atoms with Gasteiger partial charge in [-0.2, -0.15) is 0 Å². The Morgan fingerprint density at radius 3 is 2.76 bits per heavy atom. The Hall–Kier alpha value is -2.82. The van der Waals surface area contributed by atoms with Crippen molar-refractivity contribution in [1.29, 1.82) is 0 Å². The highest BCUT2D eigenvalue weighted by Crippen LogP contribution is 2.16. The summed E-state index contributed by atoms with van der Waals surface area (Å²) in [4.78, 5) is 15.5. The first-order chi connectivity index (χ1) is 10.3. The zero-order valence-corrected chi connectivity index (χ0v) is 11.6. The van der Waals surface area contributed by atoms with Crippen molar-refractivity contribution in [2.75, 3.05) is 11.9 Å². The van der Waals surface area contributed by atoms with E-state index in [1.54, 1.807) is 42.7 Å². The standard InChI is InChI=1S/C16H17N3O2/c1-2-9-18-16(20)19-14-5-7-15(8-6-14)21-12-13-4-3-10-17-11-13/h2-8,10-11H,1,9,12H2,(H2,18,19,20). The molecule has 2 N–H and O–H groups in total. The number of carbonyl (C=O) groups excluding carboxylic acids is 1. The zero-order chi connectivity index (χ0) is 14.9. The third kappa shape index (κ3) is 4.99. The van der Waals surface area contributed by atoms with E-state index in [4.69, 9.17) is 4.74 Å². The zero-order valence-electron chi connectivity index (χ0n) is 11.6. The van der Waals surface area contributed by atoms with Crippen LogP contribution < -0.4 is 15.4 Å². The number of benzene rings is 1. The number of pyridine rings is 1. The molecule has 0 saturated heterocycles. The molecule has 0 unspecified atom stereocenters. The molecular formula is C16H17N3O2. The molecule has 0 atom stereocenters. The number of hydrogen-bond donors (Lipinski definition) is 2. The van der Waals surface area contributed by atoms with Crippen molar-refractivity contribution in [2.45, 2.75) is 6.61 Å². The SMILES string of the molecule is C=CCNC(=O)Nc1ccc(OCc2cccnc2)cc1. The van der Waals surface area contributed by atoms with E-state index < -0.39 is 0 Å². The van der Waals surface area contributed by atoms with Gasteiger partial charge in [0.05, 0.1) is 0 Å². The minimum Gasteiger partial charge on any atom is -0.489 e. The minimum absolute atomic E-state index is 0.265. The predicted molar refractivity (Wildman–Crippen MR) is 82.2 cm³/mol. The monoisotopic (exact) mass is 283 g/mol. The van der Waals surface area contributed by atoms with Crippen molar-refractivity contribution in [1.82, 2.24) is 10.3 Å². The topological polar surface area (TPSA) is 63.2 Å². The molecule has 108 valence electrons. The first kappa shape index (κ1) is 14.6. The molecule has 0 aliphatic rings. The molecule has 0 aliphatic heterocycles. The number of nitrogens with zero attached hydrogens (tertiary/aromatic N) is 1. The van der Waals surface area contributed by atoms with Gasteiger partial charge in [0.1, 0.15) is 12.4 Å². The van der Waals surface area contributed by atoms with Crippen LogP contribution in [0.2, 0.25) is 0 Å². The maximum atomic E-state index is 11.5. The average Bonchev–Trinajstić information content (AvgIpc) is 2.53. The highest BCUT2D eigenvalue weighted by molar-refractivity contribution is 5.89. The van der Waals surface area contributed by atoms with Crippen LogP contribution >= 0.6 is 0 Å². The predicted octanol–water partition coefficient (Wildman–Crippen LogP) is 2.97. The number of rotatable bonds is 6. The first-order valence-corrected chi connectivity index (χ1v) is 6.55. The summed E-state index contributed by atoms with van der Waals surface area (Å²) in [7, 11) is 0. The Kier molecular flexibility index (Phi) is 5.34. The molecule has 0 spiro atoms. The van der Waals surface area contributed by atoms with Crippen LogP contribution in [0.5, 0.6) is 5.75 Å². The van der Waals surface area contributed by atoms with Gasteiger partial charge in [0, 0.05) is 30.2 Å². The van der Waals surface area contributed by atoms with Crippen LogP contribution in [0.15, 0.2) is 61.4 Å². The van der Waals surface area contributed by atoms with Crippen LogP contribution in [0.3, 0.4) is 0 Å². The van der Waals surface area contributed by atoms with Gasteiger partial charge in [-0.1, -0.05) is 12.1 Å². The second kappa shape index (κ2) is 7.69. The van der Waals surface area contributed by atoms with Crippen LogP contribution in [-0.2, 0) is 6.61 Å². The maximum absolute atomic E-state index is 11.5. The smallest absolute Gasteiger partial charge is 0.319 e. The maximum Gasteiger partial charge on any atom is 0.319 e. The molecule has 0 aliphatic carbocycles. The van der Waals surface area contributed by atoms with E-state index in [0.717, 1.165) is 11.3 Å². The lowest BCUT2D eigenvalue weighted by Gasteiger charge is -2.08. The van der Waals surface area contributed by atoms with Crippen molar-refractivity contribution in [3.05, 3.63) is 67.0 Å². The van der Waals surface area contributed by atoms with Crippen molar-refractivity contribution in [3.63, 3.8) is 0 Å². The molecule has 1 aromatic carbocycles. The summed E-state index contributed by atoms with van der Waals surface area (Å²) >= 11 is 0. The van der Waals surface area contributed by atoms with Gasteiger partial charge in [-0.15, -0.1) is 6.58 Å². The number of anilines is 1. The highest BCUT2D eigenvalue weighted by Gasteiger charge is 2.01. The van der Waals surface area contributed by atoms with Crippen LogP contribution in [0.4, 0.5) is 10.5 Å². The Labute approximate surface area is 123 Å². The lowest BCUT2D eigenvalue weighted by Crippen LogP contribution is -2.28. The van der Waals surface area contributed by atoms with Gasteiger partial charge >= 0.3 is 6.03 Å². The van der Waals surface area contributed by atoms with Gasteiger partial charge in [-0.25, -0.2) is 4.79 Å². The van der Waals surface area contributed by atoms with E-state index in [1.807, 2.05) is 12.1 Å². The number of ether oxygens (including phenoxy) is 1. The molecular weight excluding hydrogens is 266 g/mol. The molecule has 2 aromatic rings. The molecule has 1 aromatic heterocycles. The normalized spacial score (nSPS) is 9.71. The van der Waals surface area contributed by atoms with Crippen molar-refractivity contribution in [3.8, 4) is 5.75 Å². The molecule has 21 heavy (non-hydrogen) atoms. The fraction of sp³-hybridized carbons (Fsp3) is 0.125. The van der Waals surface area contributed by atoms with Gasteiger partial charge in [0.2, 0.25) is 0 Å².